The molecule has 0 spiro atoms. The third-order valence-electron chi connectivity index (χ3n) is 9.62. The van der Waals surface area contributed by atoms with Crippen molar-refractivity contribution >= 4 is 47.0 Å². The molecule has 13 heteroatoms. The van der Waals surface area contributed by atoms with Crippen molar-refractivity contribution in [2.45, 2.75) is 128 Å². The monoisotopic (exact) mass is 799 g/mol. The minimum atomic E-state index is -0.739. The number of hydrogen-bond donors (Lipinski definition) is 4. The van der Waals surface area contributed by atoms with Crippen LogP contribution < -0.4 is 20.1 Å². The maximum absolute atomic E-state index is 12.7. The van der Waals surface area contributed by atoms with Gasteiger partial charge in [0.15, 0.2) is 0 Å². The topological polar surface area (TPSA) is 159 Å². The molecule has 1 aromatic heterocycles. The average Bonchev–Trinajstić information content (AvgIpc) is 3.60. The van der Waals surface area contributed by atoms with Gasteiger partial charge >= 0.3 is 0 Å². The third kappa shape index (κ3) is 18.0. The summed E-state index contributed by atoms with van der Waals surface area (Å²) in [6.07, 6.45) is 17.1. The van der Waals surface area contributed by atoms with Gasteiger partial charge in [0.1, 0.15) is 23.6 Å². The van der Waals surface area contributed by atoms with E-state index in [4.69, 9.17) is 4.74 Å². The summed E-state index contributed by atoms with van der Waals surface area (Å²) in [5, 5.41) is 16.7. The standard InChI is InChI=1S/C20H27NO2.C17H26N4O4S.C4H10.C2H6O/c1-23-17-11-12-18-16(13-17)14-20(22)19(21-18)10-4-2-3-7-15-8-5-6-9-15;1-3-11(2)15(17(25)20-26-12-6-7-12)19-16(24)13-5-4-8-21(13)14(23)9-18-10-22;1-4(2)3;1-3-2/h11-15,22H,2-10H2,1H3;3,10-13,15H,1,4-9H2,2H3,(H,18,22)(H,19,24)(H,20,25);4H,1-3H3;1-2H3/t;11-,13?,15?;;/m.0../s1. The molecule has 4 amide bonds. The molecule has 3 fully saturated rings. The number of hydrogen-bond acceptors (Lipinski definition) is 9. The summed E-state index contributed by atoms with van der Waals surface area (Å²) in [6, 6.07) is 6.22. The molecule has 2 saturated carbocycles. The summed E-state index contributed by atoms with van der Waals surface area (Å²) in [5.74, 6) is 1.74. The molecule has 0 radical (unpaired) electrons. The van der Waals surface area contributed by atoms with Crippen molar-refractivity contribution in [3.63, 3.8) is 0 Å². The molecular weight excluding hydrogens is 731 g/mol. The van der Waals surface area contributed by atoms with Crippen LogP contribution in [0.2, 0.25) is 0 Å². The number of nitrogens with zero attached hydrogens (tertiary/aromatic N) is 2. The minimum absolute atomic E-state index is 0.141. The lowest BCUT2D eigenvalue weighted by Gasteiger charge is -2.27. The van der Waals surface area contributed by atoms with Crippen LogP contribution in [-0.2, 0) is 30.3 Å². The number of unbranched alkanes of at least 4 members (excludes halogenated alkanes) is 2. The highest BCUT2D eigenvalue weighted by atomic mass is 32.2. The number of amides is 4. The van der Waals surface area contributed by atoms with Gasteiger partial charge in [-0.05, 0) is 86.6 Å². The van der Waals surface area contributed by atoms with E-state index in [2.05, 4.69) is 52.4 Å². The van der Waals surface area contributed by atoms with Gasteiger partial charge in [0.05, 0.1) is 24.9 Å². The van der Waals surface area contributed by atoms with Crippen molar-refractivity contribution in [2.75, 3.05) is 34.4 Å². The summed E-state index contributed by atoms with van der Waals surface area (Å²) in [5.41, 5.74) is 1.74. The van der Waals surface area contributed by atoms with Crippen LogP contribution in [0.15, 0.2) is 36.9 Å². The van der Waals surface area contributed by atoms with E-state index in [0.717, 1.165) is 59.9 Å². The molecule has 2 aromatic rings. The van der Waals surface area contributed by atoms with Gasteiger partial charge in [-0.1, -0.05) is 78.7 Å². The van der Waals surface area contributed by atoms with Gasteiger partial charge in [-0.15, -0.1) is 6.58 Å². The number of fused-ring (bicyclic) bond motifs is 1. The fraction of sp³-hybridized carbons (Fsp3) is 0.651. The van der Waals surface area contributed by atoms with Crippen LogP contribution in [0.3, 0.4) is 0 Å². The van der Waals surface area contributed by atoms with E-state index < -0.39 is 12.1 Å². The number of carbonyl (C=O) groups is 4. The predicted octanol–water partition coefficient (Wildman–Crippen LogP) is 7.12. The predicted molar refractivity (Wildman–Crippen MR) is 226 cm³/mol. The van der Waals surface area contributed by atoms with Gasteiger partial charge in [-0.2, -0.15) is 0 Å². The molecule has 1 saturated heterocycles. The molecule has 12 nitrogen and oxygen atoms in total. The molecule has 0 bridgehead atoms. The first-order chi connectivity index (χ1) is 26.9. The molecule has 56 heavy (non-hydrogen) atoms. The van der Waals surface area contributed by atoms with Crippen molar-refractivity contribution in [1.82, 2.24) is 25.2 Å². The second-order valence-corrected chi connectivity index (χ2v) is 16.6. The minimum Gasteiger partial charge on any atom is -0.506 e. The Morgan fingerprint density at radius 3 is 2.29 bits per heavy atom. The highest BCUT2D eigenvalue weighted by Gasteiger charge is 2.37. The van der Waals surface area contributed by atoms with E-state index in [1.165, 1.54) is 61.8 Å². The van der Waals surface area contributed by atoms with Gasteiger partial charge in [0, 0.05) is 37.3 Å². The molecule has 3 atom stereocenters. The molecule has 4 N–H and O–H groups in total. The van der Waals surface area contributed by atoms with Crippen LogP contribution in [-0.4, -0.2) is 90.9 Å². The zero-order chi connectivity index (χ0) is 41.5. The zero-order valence-corrected chi connectivity index (χ0v) is 35.8. The van der Waals surface area contributed by atoms with Crippen LogP contribution in [0.1, 0.15) is 110 Å². The number of carbonyl (C=O) groups excluding carboxylic acids is 4. The number of pyridine rings is 1. The lowest BCUT2D eigenvalue weighted by atomic mass is 9.99. The number of methoxy groups -OCH3 is 2. The Balaban J connectivity index is 0.000000333. The second kappa shape index (κ2) is 26.9. The fourth-order valence-corrected chi connectivity index (χ4v) is 7.26. The van der Waals surface area contributed by atoms with Crippen molar-refractivity contribution in [3.05, 3.63) is 42.6 Å². The molecule has 5 rings (SSSR count). The Bertz CT molecular complexity index is 1500. The van der Waals surface area contributed by atoms with E-state index in [-0.39, 0.29) is 30.2 Å². The number of aromatic nitrogens is 1. The van der Waals surface area contributed by atoms with Crippen molar-refractivity contribution in [2.24, 2.45) is 17.8 Å². The molecule has 314 valence electrons. The van der Waals surface area contributed by atoms with Crippen LogP contribution in [0.4, 0.5) is 0 Å². The number of rotatable bonds is 17. The van der Waals surface area contributed by atoms with E-state index in [1.54, 1.807) is 33.5 Å². The first-order valence-electron chi connectivity index (χ1n) is 20.3. The van der Waals surface area contributed by atoms with Crippen LogP contribution in [0.5, 0.6) is 11.5 Å². The van der Waals surface area contributed by atoms with E-state index in [0.29, 0.717) is 36.8 Å². The fourth-order valence-electron chi connectivity index (χ4n) is 6.48. The van der Waals surface area contributed by atoms with Crippen LogP contribution in [0, 0.1) is 17.8 Å². The summed E-state index contributed by atoms with van der Waals surface area (Å²) < 4.78 is 12.3. The molecular formula is C43H69N5O7S. The molecule has 1 aliphatic heterocycles. The zero-order valence-electron chi connectivity index (χ0n) is 34.9. The van der Waals surface area contributed by atoms with Crippen molar-refractivity contribution in [1.29, 1.82) is 0 Å². The lowest BCUT2D eigenvalue weighted by molar-refractivity contribution is -0.139. The molecule has 2 heterocycles. The molecule has 2 unspecified atom stereocenters. The van der Waals surface area contributed by atoms with Crippen LogP contribution in [0.25, 0.3) is 10.9 Å². The highest BCUT2D eigenvalue weighted by Crippen LogP contribution is 2.32. The summed E-state index contributed by atoms with van der Waals surface area (Å²) >= 11 is 1.39. The van der Waals surface area contributed by atoms with Gasteiger partial charge < -0.3 is 30.1 Å². The van der Waals surface area contributed by atoms with Crippen LogP contribution >= 0.6 is 11.9 Å². The Morgan fingerprint density at radius 1 is 1.00 bits per heavy atom. The maximum Gasteiger partial charge on any atom is 0.252 e. The SMILES string of the molecule is C=C[C@H](C)C(NC(=O)C1CCCN1C(=O)CNC=O)C(=O)NSC1CC1.CC(C)C.COC.COc1ccc2nc(CCCCCC3CCCC3)c(O)cc2c1. The number of benzene rings is 1. The van der Waals surface area contributed by atoms with Gasteiger partial charge in [-0.3, -0.25) is 23.9 Å². The first-order valence-corrected chi connectivity index (χ1v) is 21.2. The largest absolute Gasteiger partial charge is 0.506 e. The number of nitrogens with one attached hydrogen (secondary N) is 3. The number of ether oxygens (including phenoxy) is 2. The van der Waals surface area contributed by atoms with E-state index in [1.807, 2.05) is 25.1 Å². The van der Waals surface area contributed by atoms with Crippen molar-refractivity contribution in [3.8, 4) is 11.5 Å². The first kappa shape index (κ1) is 48.3. The average molecular weight is 800 g/mol. The third-order valence-corrected chi connectivity index (χ3v) is 10.7. The number of aromatic hydroxyl groups is 1. The van der Waals surface area contributed by atoms with E-state index >= 15 is 0 Å². The smallest absolute Gasteiger partial charge is 0.252 e. The molecule has 1 aromatic carbocycles. The van der Waals surface area contributed by atoms with Gasteiger partial charge in [0.25, 0.3) is 5.91 Å². The Morgan fingerprint density at radius 2 is 1.68 bits per heavy atom. The summed E-state index contributed by atoms with van der Waals surface area (Å²) in [6.45, 7) is 12.3. The second-order valence-electron chi connectivity index (χ2n) is 15.5. The lowest BCUT2D eigenvalue weighted by Crippen LogP contribution is -2.55. The molecule has 3 aliphatic rings. The highest BCUT2D eigenvalue weighted by molar-refractivity contribution is 7.98. The normalized spacial score (nSPS) is 17.2. The summed E-state index contributed by atoms with van der Waals surface area (Å²) in [7, 11) is 4.90. The maximum atomic E-state index is 12.7. The Labute approximate surface area is 339 Å². The molecule has 2 aliphatic carbocycles. The Hall–Kier alpha value is -3.84. The quantitative estimate of drug-likeness (QED) is 0.0566. The van der Waals surface area contributed by atoms with E-state index in [9.17, 15) is 24.3 Å². The van der Waals surface area contributed by atoms with Crippen molar-refractivity contribution < 1.29 is 33.8 Å². The number of aryl methyl sites for hydroxylation is 1. The Kier molecular flexibility index (Phi) is 23.2. The number of likely N-dealkylation sites (tertiary alicyclic amines) is 1. The van der Waals surface area contributed by atoms with Gasteiger partial charge in [-0.25, -0.2) is 4.98 Å². The summed E-state index contributed by atoms with van der Waals surface area (Å²) in [4.78, 5) is 53.7. The van der Waals surface area contributed by atoms with Gasteiger partial charge in [0.2, 0.25) is 18.2 Å².